The summed E-state index contributed by atoms with van der Waals surface area (Å²) in [6.07, 6.45) is 0. The lowest BCUT2D eigenvalue weighted by atomic mass is 9.98. The number of hydrogen-bond donors (Lipinski definition) is 4. The first kappa shape index (κ1) is 11.1. The fraction of sp³-hybridized carbons (Fsp3) is 0.0769. The summed E-state index contributed by atoms with van der Waals surface area (Å²) in [5, 5.41) is 19.3. The van der Waals surface area contributed by atoms with Crippen molar-refractivity contribution in [2.75, 3.05) is 11.5 Å². The summed E-state index contributed by atoms with van der Waals surface area (Å²) in [4.78, 5) is 0. The number of rotatable bonds is 1. The Morgan fingerprint density at radius 1 is 0.941 bits per heavy atom. The lowest BCUT2D eigenvalue weighted by Gasteiger charge is -2.10. The van der Waals surface area contributed by atoms with E-state index in [0.29, 0.717) is 16.9 Å². The van der Waals surface area contributed by atoms with Crippen molar-refractivity contribution < 1.29 is 10.2 Å². The molecule has 0 aliphatic carbocycles. The van der Waals surface area contributed by atoms with Gasteiger partial charge in [-0.05, 0) is 36.2 Å². The zero-order valence-corrected chi connectivity index (χ0v) is 9.44. The van der Waals surface area contributed by atoms with Crippen molar-refractivity contribution >= 4 is 11.4 Å². The molecule has 4 nitrogen and oxygen atoms in total. The van der Waals surface area contributed by atoms with Gasteiger partial charge in [0.25, 0.3) is 0 Å². The molecule has 2 rings (SSSR count). The van der Waals surface area contributed by atoms with Gasteiger partial charge in [0.15, 0.2) is 0 Å². The molecule has 0 aromatic heterocycles. The average Bonchev–Trinajstić information content (AvgIpc) is 2.30. The van der Waals surface area contributed by atoms with E-state index >= 15 is 0 Å². The van der Waals surface area contributed by atoms with Gasteiger partial charge in [-0.25, -0.2) is 0 Å². The first-order chi connectivity index (χ1) is 8.00. The van der Waals surface area contributed by atoms with E-state index in [-0.39, 0.29) is 11.5 Å². The molecule has 0 spiro atoms. The van der Waals surface area contributed by atoms with Crippen LogP contribution in [0.4, 0.5) is 11.4 Å². The van der Waals surface area contributed by atoms with E-state index in [1.165, 1.54) is 0 Å². The van der Waals surface area contributed by atoms with Crippen LogP contribution >= 0.6 is 0 Å². The van der Waals surface area contributed by atoms with Crippen LogP contribution in [0.2, 0.25) is 0 Å². The molecule has 17 heavy (non-hydrogen) atoms. The molecule has 2 aromatic rings. The molecule has 88 valence electrons. The molecule has 6 N–H and O–H groups in total. The van der Waals surface area contributed by atoms with Gasteiger partial charge in [0.05, 0.1) is 11.4 Å². The van der Waals surface area contributed by atoms with Gasteiger partial charge in [-0.15, -0.1) is 0 Å². The van der Waals surface area contributed by atoms with Crippen LogP contribution in [0.25, 0.3) is 11.1 Å². The van der Waals surface area contributed by atoms with E-state index < -0.39 is 0 Å². The summed E-state index contributed by atoms with van der Waals surface area (Å²) in [6, 6.07) is 8.40. The Balaban J connectivity index is 2.61. The maximum Gasteiger partial charge on any atom is 0.141 e. The van der Waals surface area contributed by atoms with Gasteiger partial charge in [0, 0.05) is 5.56 Å². The van der Waals surface area contributed by atoms with E-state index in [4.69, 9.17) is 11.5 Å². The highest BCUT2D eigenvalue weighted by molar-refractivity contribution is 5.76. The molecule has 0 radical (unpaired) electrons. The Bertz CT molecular complexity index is 580. The molecular formula is C13H14N2O2. The molecule has 0 unspecified atom stereocenters. The van der Waals surface area contributed by atoms with E-state index in [1.54, 1.807) is 37.3 Å². The number of phenols is 2. The van der Waals surface area contributed by atoms with E-state index in [1.807, 2.05) is 0 Å². The van der Waals surface area contributed by atoms with Crippen molar-refractivity contribution in [2.24, 2.45) is 0 Å². The van der Waals surface area contributed by atoms with Gasteiger partial charge in [0.1, 0.15) is 11.5 Å². The van der Waals surface area contributed by atoms with Crippen LogP contribution in [-0.2, 0) is 0 Å². The van der Waals surface area contributed by atoms with Crippen LogP contribution in [0.5, 0.6) is 11.5 Å². The molecule has 0 heterocycles. The molecule has 0 fully saturated rings. The Hall–Kier alpha value is -2.36. The van der Waals surface area contributed by atoms with Crippen molar-refractivity contribution in [3.63, 3.8) is 0 Å². The molecule has 0 atom stereocenters. The van der Waals surface area contributed by atoms with Crippen LogP contribution in [0, 0.1) is 6.92 Å². The summed E-state index contributed by atoms with van der Waals surface area (Å²) in [5.41, 5.74) is 14.1. The van der Waals surface area contributed by atoms with Crippen molar-refractivity contribution in [3.05, 3.63) is 35.9 Å². The molecule has 0 aliphatic rings. The number of hydrogen-bond acceptors (Lipinski definition) is 4. The second-order valence-corrected chi connectivity index (χ2v) is 3.95. The van der Waals surface area contributed by atoms with Crippen LogP contribution in [0.15, 0.2) is 30.3 Å². The van der Waals surface area contributed by atoms with Crippen molar-refractivity contribution in [3.8, 4) is 22.6 Å². The summed E-state index contributed by atoms with van der Waals surface area (Å²) in [7, 11) is 0. The molecule has 0 saturated carbocycles. The maximum atomic E-state index is 9.76. The zero-order chi connectivity index (χ0) is 12.6. The molecule has 0 aliphatic heterocycles. The summed E-state index contributed by atoms with van der Waals surface area (Å²) < 4.78 is 0. The molecular weight excluding hydrogens is 216 g/mol. The monoisotopic (exact) mass is 230 g/mol. The Morgan fingerprint density at radius 2 is 1.59 bits per heavy atom. The third-order valence-corrected chi connectivity index (χ3v) is 2.80. The molecule has 0 bridgehead atoms. The molecule has 2 aromatic carbocycles. The third kappa shape index (κ3) is 1.85. The lowest BCUT2D eigenvalue weighted by Crippen LogP contribution is -1.91. The Morgan fingerprint density at radius 3 is 2.24 bits per heavy atom. The first-order valence-corrected chi connectivity index (χ1v) is 5.17. The number of anilines is 2. The summed E-state index contributed by atoms with van der Waals surface area (Å²) in [6.45, 7) is 1.77. The van der Waals surface area contributed by atoms with Crippen molar-refractivity contribution in [1.82, 2.24) is 0 Å². The fourth-order valence-electron chi connectivity index (χ4n) is 1.75. The number of nitrogens with two attached hydrogens (primary N) is 2. The zero-order valence-electron chi connectivity index (χ0n) is 9.44. The second-order valence-electron chi connectivity index (χ2n) is 3.95. The first-order valence-electron chi connectivity index (χ1n) is 5.17. The average molecular weight is 230 g/mol. The van der Waals surface area contributed by atoms with Gasteiger partial charge in [-0.1, -0.05) is 12.1 Å². The van der Waals surface area contributed by atoms with Gasteiger partial charge in [0.2, 0.25) is 0 Å². The summed E-state index contributed by atoms with van der Waals surface area (Å²) >= 11 is 0. The second kappa shape index (κ2) is 3.90. The van der Waals surface area contributed by atoms with Gasteiger partial charge < -0.3 is 21.7 Å². The molecule has 4 heteroatoms. The number of aromatic hydroxyl groups is 2. The minimum atomic E-state index is 0.0261. The smallest absolute Gasteiger partial charge is 0.141 e. The number of nitrogen functional groups attached to an aromatic ring is 2. The van der Waals surface area contributed by atoms with Crippen LogP contribution in [-0.4, -0.2) is 10.2 Å². The highest BCUT2D eigenvalue weighted by Gasteiger charge is 2.09. The largest absolute Gasteiger partial charge is 0.506 e. The Labute approximate surface area is 99.1 Å². The highest BCUT2D eigenvalue weighted by Crippen LogP contribution is 2.35. The van der Waals surface area contributed by atoms with E-state index in [0.717, 1.165) is 11.1 Å². The van der Waals surface area contributed by atoms with E-state index in [9.17, 15) is 10.2 Å². The van der Waals surface area contributed by atoms with Gasteiger partial charge in [-0.3, -0.25) is 0 Å². The maximum absolute atomic E-state index is 9.76. The fourth-order valence-corrected chi connectivity index (χ4v) is 1.75. The van der Waals surface area contributed by atoms with Crippen LogP contribution < -0.4 is 11.5 Å². The third-order valence-electron chi connectivity index (χ3n) is 2.80. The topological polar surface area (TPSA) is 92.5 Å². The molecule has 0 saturated heterocycles. The minimum Gasteiger partial charge on any atom is -0.506 e. The molecule has 0 amide bonds. The SMILES string of the molecule is Cc1c(-c2ccc(N)c(O)c2)ccc(N)c1O. The Kier molecular flexibility index (Phi) is 2.55. The minimum absolute atomic E-state index is 0.0261. The predicted molar refractivity (Wildman–Crippen MR) is 68.8 cm³/mol. The van der Waals surface area contributed by atoms with E-state index in [2.05, 4.69) is 0 Å². The normalized spacial score (nSPS) is 10.4. The number of phenolic OH excluding ortho intramolecular Hbond substituents is 2. The van der Waals surface area contributed by atoms with Crippen LogP contribution in [0.3, 0.4) is 0 Å². The predicted octanol–water partition coefficient (Wildman–Crippen LogP) is 2.24. The number of benzene rings is 2. The van der Waals surface area contributed by atoms with Crippen molar-refractivity contribution in [1.29, 1.82) is 0 Å². The van der Waals surface area contributed by atoms with Crippen LogP contribution in [0.1, 0.15) is 5.56 Å². The standard InChI is InChI=1S/C13H14N2O2/c1-7-9(3-5-11(15)13(7)17)8-2-4-10(14)12(16)6-8/h2-6,16-17H,14-15H2,1H3. The van der Waals surface area contributed by atoms with Gasteiger partial charge >= 0.3 is 0 Å². The highest BCUT2D eigenvalue weighted by atomic mass is 16.3. The summed E-state index contributed by atoms with van der Waals surface area (Å²) in [5.74, 6) is 0.0945. The van der Waals surface area contributed by atoms with Crippen molar-refractivity contribution in [2.45, 2.75) is 6.92 Å². The van der Waals surface area contributed by atoms with Gasteiger partial charge in [-0.2, -0.15) is 0 Å². The quantitative estimate of drug-likeness (QED) is 0.446. The lowest BCUT2D eigenvalue weighted by molar-refractivity contribution is 0.473.